The van der Waals surface area contributed by atoms with Crippen molar-refractivity contribution in [1.82, 2.24) is 4.98 Å². The van der Waals surface area contributed by atoms with E-state index in [0.29, 0.717) is 23.1 Å². The lowest BCUT2D eigenvalue weighted by atomic mass is 10.3. The van der Waals surface area contributed by atoms with Gasteiger partial charge in [0.1, 0.15) is 5.75 Å². The van der Waals surface area contributed by atoms with Gasteiger partial charge in [-0.3, -0.25) is 4.79 Å². The molecule has 0 saturated heterocycles. The van der Waals surface area contributed by atoms with Crippen molar-refractivity contribution in [2.75, 3.05) is 11.9 Å². The van der Waals surface area contributed by atoms with Gasteiger partial charge in [-0.2, -0.15) is 0 Å². The number of ether oxygens (including phenoxy) is 1. The van der Waals surface area contributed by atoms with Crippen LogP contribution in [0.15, 0.2) is 29.6 Å². The number of rotatable bonds is 4. The third-order valence-electron chi connectivity index (χ3n) is 2.25. The molecule has 4 nitrogen and oxygen atoms in total. The van der Waals surface area contributed by atoms with Crippen LogP contribution in [0.3, 0.4) is 0 Å². The number of hydrogen-bond acceptors (Lipinski definition) is 4. The zero-order chi connectivity index (χ0) is 13.0. The number of carbonyl (C=O) groups is 1. The van der Waals surface area contributed by atoms with Gasteiger partial charge in [-0.25, -0.2) is 4.98 Å². The van der Waals surface area contributed by atoms with Crippen LogP contribution < -0.4 is 10.1 Å². The second-order valence-electron chi connectivity index (χ2n) is 3.68. The Morgan fingerprint density at radius 3 is 2.89 bits per heavy atom. The number of benzene rings is 1. The molecule has 0 radical (unpaired) electrons. The first-order valence-electron chi connectivity index (χ1n) is 5.66. The molecule has 1 amide bonds. The number of thiazole rings is 1. The quantitative estimate of drug-likeness (QED) is 0.921. The Labute approximate surface area is 110 Å². The lowest BCUT2D eigenvalue weighted by Gasteiger charge is -2.10. The minimum atomic E-state index is -0.208. The van der Waals surface area contributed by atoms with Crippen LogP contribution in [0, 0.1) is 6.92 Å². The van der Waals surface area contributed by atoms with Gasteiger partial charge in [-0.05, 0) is 26.0 Å². The van der Waals surface area contributed by atoms with Crippen LogP contribution in [0.4, 0.5) is 5.69 Å². The molecule has 0 aliphatic rings. The molecule has 0 saturated carbocycles. The van der Waals surface area contributed by atoms with Gasteiger partial charge >= 0.3 is 0 Å². The van der Waals surface area contributed by atoms with Crippen LogP contribution in [0.25, 0.3) is 0 Å². The second-order valence-corrected chi connectivity index (χ2v) is 4.54. The lowest BCUT2D eigenvalue weighted by molar-refractivity contribution is 0.102. The summed E-state index contributed by atoms with van der Waals surface area (Å²) in [5.41, 5.74) is 1.51. The summed E-state index contributed by atoms with van der Waals surface area (Å²) in [7, 11) is 0. The predicted octanol–water partition coefficient (Wildman–Crippen LogP) is 3.10. The van der Waals surface area contributed by atoms with Crippen molar-refractivity contribution in [2.24, 2.45) is 0 Å². The minimum absolute atomic E-state index is 0.208. The van der Waals surface area contributed by atoms with Crippen molar-refractivity contribution >= 4 is 22.9 Å². The van der Waals surface area contributed by atoms with Crippen molar-refractivity contribution in [3.05, 3.63) is 40.3 Å². The summed E-state index contributed by atoms with van der Waals surface area (Å²) < 4.78 is 5.45. The average molecular weight is 262 g/mol. The van der Waals surface area contributed by atoms with Crippen molar-refractivity contribution in [2.45, 2.75) is 13.8 Å². The SMILES string of the molecule is CCOc1ccccc1NC(=O)c1nc(C)cs1. The van der Waals surface area contributed by atoms with E-state index in [1.807, 2.05) is 43.5 Å². The molecule has 1 aromatic carbocycles. The van der Waals surface area contributed by atoms with Crippen molar-refractivity contribution in [3.8, 4) is 5.75 Å². The maximum absolute atomic E-state index is 12.0. The highest BCUT2D eigenvalue weighted by atomic mass is 32.1. The van der Waals surface area contributed by atoms with Crippen molar-refractivity contribution < 1.29 is 9.53 Å². The molecule has 94 valence electrons. The Balaban J connectivity index is 2.16. The number of anilines is 1. The first kappa shape index (κ1) is 12.6. The summed E-state index contributed by atoms with van der Waals surface area (Å²) in [5.74, 6) is 0.460. The number of nitrogens with zero attached hydrogens (tertiary/aromatic N) is 1. The summed E-state index contributed by atoms with van der Waals surface area (Å²) in [6, 6.07) is 7.36. The predicted molar refractivity (Wildman–Crippen MR) is 72.4 cm³/mol. The summed E-state index contributed by atoms with van der Waals surface area (Å²) in [4.78, 5) is 16.1. The maximum atomic E-state index is 12.0. The Hall–Kier alpha value is -1.88. The molecule has 0 aliphatic carbocycles. The molecule has 0 spiro atoms. The monoisotopic (exact) mass is 262 g/mol. The molecule has 1 N–H and O–H groups in total. The zero-order valence-electron chi connectivity index (χ0n) is 10.3. The van der Waals surface area contributed by atoms with Gasteiger partial charge < -0.3 is 10.1 Å². The molecule has 0 bridgehead atoms. The van der Waals surface area contributed by atoms with E-state index < -0.39 is 0 Å². The fourth-order valence-electron chi connectivity index (χ4n) is 1.49. The maximum Gasteiger partial charge on any atom is 0.284 e. The number of para-hydroxylation sites is 2. The smallest absolute Gasteiger partial charge is 0.284 e. The molecule has 0 aliphatic heterocycles. The number of hydrogen-bond donors (Lipinski definition) is 1. The first-order chi connectivity index (χ1) is 8.70. The second kappa shape index (κ2) is 5.64. The van der Waals surface area contributed by atoms with E-state index in [1.165, 1.54) is 11.3 Å². The lowest BCUT2D eigenvalue weighted by Crippen LogP contribution is -2.12. The van der Waals surface area contributed by atoms with Crippen LogP contribution >= 0.6 is 11.3 Å². The Kier molecular flexibility index (Phi) is 3.94. The van der Waals surface area contributed by atoms with Crippen LogP contribution in [-0.4, -0.2) is 17.5 Å². The first-order valence-corrected chi connectivity index (χ1v) is 6.54. The highest BCUT2D eigenvalue weighted by Crippen LogP contribution is 2.24. The van der Waals surface area contributed by atoms with E-state index in [9.17, 15) is 4.79 Å². The van der Waals surface area contributed by atoms with Crippen molar-refractivity contribution in [1.29, 1.82) is 0 Å². The van der Waals surface area contributed by atoms with E-state index in [4.69, 9.17) is 4.74 Å². The van der Waals surface area contributed by atoms with Crippen LogP contribution in [0.2, 0.25) is 0 Å². The van der Waals surface area contributed by atoms with Gasteiger partial charge in [0, 0.05) is 11.1 Å². The van der Waals surface area contributed by atoms with Gasteiger partial charge in [-0.15, -0.1) is 11.3 Å². The van der Waals surface area contributed by atoms with Gasteiger partial charge in [0.2, 0.25) is 0 Å². The van der Waals surface area contributed by atoms with Crippen LogP contribution in [0.1, 0.15) is 22.4 Å². The van der Waals surface area contributed by atoms with E-state index in [2.05, 4.69) is 10.3 Å². The summed E-state index contributed by atoms with van der Waals surface area (Å²) in [6.45, 7) is 4.33. The molecule has 0 fully saturated rings. The third-order valence-corrected chi connectivity index (χ3v) is 3.21. The largest absolute Gasteiger partial charge is 0.492 e. The van der Waals surface area contributed by atoms with Crippen molar-refractivity contribution in [3.63, 3.8) is 0 Å². The Bertz CT molecular complexity index is 551. The number of amides is 1. The normalized spacial score (nSPS) is 10.1. The fraction of sp³-hybridized carbons (Fsp3) is 0.231. The van der Waals surface area contributed by atoms with E-state index in [-0.39, 0.29) is 5.91 Å². The summed E-state index contributed by atoms with van der Waals surface area (Å²) >= 11 is 1.33. The van der Waals surface area contributed by atoms with Crippen LogP contribution in [0.5, 0.6) is 5.75 Å². The fourth-order valence-corrected chi connectivity index (χ4v) is 2.17. The Morgan fingerprint density at radius 1 is 1.44 bits per heavy atom. The number of nitrogens with one attached hydrogen (secondary N) is 1. The molecule has 5 heteroatoms. The zero-order valence-corrected chi connectivity index (χ0v) is 11.1. The molecular formula is C13H14N2O2S. The number of carbonyl (C=O) groups excluding carboxylic acids is 1. The van der Waals surface area contributed by atoms with Gasteiger partial charge in [-0.1, -0.05) is 12.1 Å². The molecule has 0 unspecified atom stereocenters. The summed E-state index contributed by atoms with van der Waals surface area (Å²) in [6.07, 6.45) is 0. The molecule has 18 heavy (non-hydrogen) atoms. The van der Waals surface area contributed by atoms with E-state index in [1.54, 1.807) is 0 Å². The average Bonchev–Trinajstić information content (AvgIpc) is 2.79. The third kappa shape index (κ3) is 2.87. The standard InChI is InChI=1S/C13H14N2O2S/c1-3-17-11-7-5-4-6-10(11)15-12(16)13-14-9(2)8-18-13/h4-8H,3H2,1-2H3,(H,15,16). The van der Waals surface area contributed by atoms with E-state index in [0.717, 1.165) is 5.69 Å². The molecule has 0 atom stereocenters. The van der Waals surface area contributed by atoms with Crippen LogP contribution in [-0.2, 0) is 0 Å². The number of aromatic nitrogens is 1. The highest BCUT2D eigenvalue weighted by molar-refractivity contribution is 7.11. The topological polar surface area (TPSA) is 51.2 Å². The Morgan fingerprint density at radius 2 is 2.22 bits per heavy atom. The van der Waals surface area contributed by atoms with E-state index >= 15 is 0 Å². The van der Waals surface area contributed by atoms with Gasteiger partial charge in [0.05, 0.1) is 12.3 Å². The molecule has 2 aromatic rings. The molecule has 1 aromatic heterocycles. The minimum Gasteiger partial charge on any atom is -0.492 e. The highest BCUT2D eigenvalue weighted by Gasteiger charge is 2.12. The molecular weight excluding hydrogens is 248 g/mol. The molecule has 2 rings (SSSR count). The number of aryl methyl sites for hydroxylation is 1. The summed E-state index contributed by atoms with van der Waals surface area (Å²) in [5, 5.41) is 5.12. The van der Waals surface area contributed by atoms with Gasteiger partial charge in [0.25, 0.3) is 5.91 Å². The molecule has 1 heterocycles. The van der Waals surface area contributed by atoms with Gasteiger partial charge in [0.15, 0.2) is 5.01 Å².